The number of hydrogen-bond donors (Lipinski definition) is 3. The second kappa shape index (κ2) is 6.78. The number of aromatic nitrogens is 2. The van der Waals surface area contributed by atoms with E-state index in [4.69, 9.17) is 16.7 Å². The molecule has 1 amide bonds. The van der Waals surface area contributed by atoms with Crippen LogP contribution in [0.1, 0.15) is 19.3 Å². The van der Waals surface area contributed by atoms with Gasteiger partial charge in [0.05, 0.1) is 23.5 Å². The lowest BCUT2D eigenvalue weighted by molar-refractivity contribution is -0.152. The molecule has 1 aromatic rings. The number of nitrogens with one attached hydrogen (secondary N) is 1. The van der Waals surface area contributed by atoms with Crippen molar-refractivity contribution in [3.63, 3.8) is 0 Å². The minimum atomic E-state index is -1.00. The quantitative estimate of drug-likeness (QED) is 0.705. The number of likely N-dealkylation sites (tertiary alicyclic amines) is 1. The first-order valence-electron chi connectivity index (χ1n) is 6.86. The summed E-state index contributed by atoms with van der Waals surface area (Å²) in [4.78, 5) is 31.4. The van der Waals surface area contributed by atoms with Gasteiger partial charge in [0.1, 0.15) is 0 Å². The van der Waals surface area contributed by atoms with Gasteiger partial charge in [0.25, 0.3) is 0 Å². The number of piperidine rings is 1. The largest absolute Gasteiger partial charge is 0.481 e. The van der Waals surface area contributed by atoms with Gasteiger partial charge in [0, 0.05) is 19.6 Å². The van der Waals surface area contributed by atoms with E-state index in [-0.39, 0.29) is 18.4 Å². The van der Waals surface area contributed by atoms with E-state index >= 15 is 0 Å². The van der Waals surface area contributed by atoms with Gasteiger partial charge in [-0.3, -0.25) is 4.79 Å². The molecule has 2 rings (SSSR count). The maximum atomic E-state index is 11.6. The minimum absolute atomic E-state index is 0.147. The van der Waals surface area contributed by atoms with E-state index in [1.54, 1.807) is 0 Å². The van der Waals surface area contributed by atoms with E-state index in [2.05, 4.69) is 15.3 Å². The van der Waals surface area contributed by atoms with Crippen molar-refractivity contribution in [3.8, 4) is 0 Å². The molecule has 3 N–H and O–H groups in total. The number of carboxylic acid groups (broad SMARTS) is 2. The molecule has 0 bridgehead atoms. The van der Waals surface area contributed by atoms with Crippen molar-refractivity contribution in [2.75, 3.05) is 25.0 Å². The fourth-order valence-electron chi connectivity index (χ4n) is 2.55. The molecule has 1 aliphatic rings. The molecule has 2 heterocycles. The second-order valence-electron chi connectivity index (χ2n) is 5.27. The highest BCUT2D eigenvalue weighted by Gasteiger charge is 2.41. The summed E-state index contributed by atoms with van der Waals surface area (Å²) >= 11 is 5.59. The summed E-state index contributed by atoms with van der Waals surface area (Å²) in [5.74, 6) is -0.883. The first-order valence-corrected chi connectivity index (χ1v) is 7.23. The second-order valence-corrected chi connectivity index (χ2v) is 5.61. The van der Waals surface area contributed by atoms with Crippen molar-refractivity contribution in [3.05, 3.63) is 17.7 Å². The molecule has 0 radical (unpaired) electrons. The molecule has 1 aliphatic heterocycles. The molecule has 1 saturated heterocycles. The maximum absolute atomic E-state index is 11.6. The number of carboxylic acids is 1. The van der Waals surface area contributed by atoms with E-state index < -0.39 is 17.5 Å². The van der Waals surface area contributed by atoms with Gasteiger partial charge in [0.15, 0.2) is 0 Å². The molecule has 1 fully saturated rings. The number of halogens is 1. The van der Waals surface area contributed by atoms with Crippen molar-refractivity contribution >= 4 is 29.4 Å². The average Bonchev–Trinajstić information content (AvgIpc) is 2.49. The number of aliphatic carboxylic acids is 1. The number of carbonyl (C=O) groups is 2. The number of rotatable bonds is 5. The Bertz CT molecular complexity index is 543. The van der Waals surface area contributed by atoms with Gasteiger partial charge in [0.2, 0.25) is 5.28 Å². The number of hydrogen-bond acceptors (Lipinski definition) is 5. The third-order valence-electron chi connectivity index (χ3n) is 4.00. The smallest absolute Gasteiger partial charge is 0.407 e. The van der Waals surface area contributed by atoms with Crippen molar-refractivity contribution in [2.24, 2.45) is 5.41 Å². The molecular formula is C13H17ClN4O4. The summed E-state index contributed by atoms with van der Waals surface area (Å²) in [6.45, 7) is 0.918. The topological polar surface area (TPSA) is 116 Å². The van der Waals surface area contributed by atoms with E-state index in [0.717, 1.165) is 0 Å². The van der Waals surface area contributed by atoms with Gasteiger partial charge in [-0.2, -0.15) is 0 Å². The van der Waals surface area contributed by atoms with Gasteiger partial charge in [-0.25, -0.2) is 14.8 Å². The Morgan fingerprint density at radius 2 is 1.86 bits per heavy atom. The molecule has 120 valence electrons. The fraction of sp³-hybridized carbons (Fsp3) is 0.538. The number of amides is 1. The van der Waals surface area contributed by atoms with Crippen molar-refractivity contribution in [2.45, 2.75) is 19.3 Å². The Morgan fingerprint density at radius 1 is 1.27 bits per heavy atom. The molecule has 9 heteroatoms. The van der Waals surface area contributed by atoms with E-state index in [1.807, 2.05) is 0 Å². The highest BCUT2D eigenvalue weighted by Crippen LogP contribution is 2.35. The predicted octanol–water partition coefficient (Wildman–Crippen LogP) is 1.78. The van der Waals surface area contributed by atoms with Gasteiger partial charge < -0.3 is 20.4 Å². The number of nitrogens with zero attached hydrogens (tertiary/aromatic N) is 3. The van der Waals surface area contributed by atoms with Crippen LogP contribution in [-0.2, 0) is 4.79 Å². The Balaban J connectivity index is 1.91. The lowest BCUT2D eigenvalue weighted by Gasteiger charge is -2.37. The SMILES string of the molecule is O=C(O)N1CCC(CCNc2cnc(Cl)nc2)(C(=O)O)CC1. The summed E-state index contributed by atoms with van der Waals surface area (Å²) < 4.78 is 0. The molecule has 1 aromatic heterocycles. The van der Waals surface area contributed by atoms with Gasteiger partial charge in [-0.15, -0.1) is 0 Å². The third kappa shape index (κ3) is 3.76. The van der Waals surface area contributed by atoms with Crippen molar-refractivity contribution in [1.82, 2.24) is 14.9 Å². The average molecular weight is 329 g/mol. The van der Waals surface area contributed by atoms with Crippen LogP contribution >= 0.6 is 11.6 Å². The van der Waals surface area contributed by atoms with Crippen LogP contribution in [0.25, 0.3) is 0 Å². The van der Waals surface area contributed by atoms with Crippen molar-refractivity contribution in [1.29, 1.82) is 0 Å². The monoisotopic (exact) mass is 328 g/mol. The van der Waals surface area contributed by atoms with Crippen LogP contribution in [0, 0.1) is 5.41 Å². The Hall–Kier alpha value is -2.09. The summed E-state index contributed by atoms with van der Waals surface area (Å²) in [7, 11) is 0. The molecular weight excluding hydrogens is 312 g/mol. The van der Waals surface area contributed by atoms with Crippen LogP contribution in [0.4, 0.5) is 10.5 Å². The zero-order chi connectivity index (χ0) is 16.2. The van der Waals surface area contributed by atoms with Gasteiger partial charge in [-0.05, 0) is 30.9 Å². The summed E-state index contributed by atoms with van der Waals surface area (Å²) in [5, 5.41) is 21.6. The van der Waals surface area contributed by atoms with E-state index in [9.17, 15) is 14.7 Å². The van der Waals surface area contributed by atoms with Crippen LogP contribution in [0.3, 0.4) is 0 Å². The molecule has 22 heavy (non-hydrogen) atoms. The highest BCUT2D eigenvalue weighted by atomic mass is 35.5. The molecule has 8 nitrogen and oxygen atoms in total. The zero-order valence-electron chi connectivity index (χ0n) is 11.8. The first kappa shape index (κ1) is 16.3. The minimum Gasteiger partial charge on any atom is -0.481 e. The van der Waals surface area contributed by atoms with Crippen LogP contribution < -0.4 is 5.32 Å². The molecule has 0 aliphatic carbocycles. The normalized spacial score (nSPS) is 17.0. The Labute approximate surface area is 132 Å². The standard InChI is InChI=1S/C13H17ClN4O4/c14-11-16-7-9(8-17-11)15-4-1-13(10(19)20)2-5-18(6-3-13)12(21)22/h7-8,15H,1-6H2,(H,19,20)(H,21,22). The maximum Gasteiger partial charge on any atom is 0.407 e. The third-order valence-corrected chi connectivity index (χ3v) is 4.19. The Kier molecular flexibility index (Phi) is 5.02. The lowest BCUT2D eigenvalue weighted by atomic mass is 9.75. The Morgan fingerprint density at radius 3 is 2.36 bits per heavy atom. The number of anilines is 1. The molecule has 0 spiro atoms. The van der Waals surface area contributed by atoms with Crippen LogP contribution in [0.15, 0.2) is 12.4 Å². The fourth-order valence-corrected chi connectivity index (χ4v) is 2.64. The molecule has 0 saturated carbocycles. The summed E-state index contributed by atoms with van der Waals surface area (Å²) in [5.41, 5.74) is -0.236. The predicted molar refractivity (Wildman–Crippen MR) is 79.0 cm³/mol. The lowest BCUT2D eigenvalue weighted by Crippen LogP contribution is -2.46. The van der Waals surface area contributed by atoms with Crippen LogP contribution in [0.5, 0.6) is 0 Å². The molecule has 0 unspecified atom stereocenters. The van der Waals surface area contributed by atoms with E-state index in [1.165, 1.54) is 17.3 Å². The molecule has 0 atom stereocenters. The zero-order valence-corrected chi connectivity index (χ0v) is 12.6. The summed E-state index contributed by atoms with van der Waals surface area (Å²) in [6.07, 6.45) is 3.07. The first-order chi connectivity index (χ1) is 10.4. The highest BCUT2D eigenvalue weighted by molar-refractivity contribution is 6.28. The molecule has 0 aromatic carbocycles. The van der Waals surface area contributed by atoms with Crippen LogP contribution in [0.2, 0.25) is 5.28 Å². The van der Waals surface area contributed by atoms with Crippen molar-refractivity contribution < 1.29 is 19.8 Å². The van der Waals surface area contributed by atoms with Crippen LogP contribution in [-0.4, -0.2) is 56.8 Å². The van der Waals surface area contributed by atoms with Gasteiger partial charge >= 0.3 is 12.1 Å². The summed E-state index contributed by atoms with van der Waals surface area (Å²) in [6, 6.07) is 0. The van der Waals surface area contributed by atoms with E-state index in [0.29, 0.717) is 31.5 Å². The van der Waals surface area contributed by atoms with Gasteiger partial charge in [-0.1, -0.05) is 0 Å².